The third-order valence-electron chi connectivity index (χ3n) is 3.97. The summed E-state index contributed by atoms with van der Waals surface area (Å²) in [5.74, 6) is 3.16. The standard InChI is InChI=1S/C14H15NOS/c16-10-15-14(5-2-6-14)13-4-1-3-11(7-13)12-8-17-9-12/h1,3-4,7,12H,2,5-6,8-9H2. The van der Waals surface area contributed by atoms with Crippen LogP contribution in [0.3, 0.4) is 0 Å². The Morgan fingerprint density at radius 1 is 1.35 bits per heavy atom. The van der Waals surface area contributed by atoms with Crippen molar-refractivity contribution in [2.45, 2.75) is 30.7 Å². The van der Waals surface area contributed by atoms with Crippen LogP contribution >= 0.6 is 11.8 Å². The van der Waals surface area contributed by atoms with Crippen LogP contribution in [-0.4, -0.2) is 17.6 Å². The van der Waals surface area contributed by atoms with E-state index in [1.807, 2.05) is 11.8 Å². The minimum absolute atomic E-state index is 0.241. The van der Waals surface area contributed by atoms with Crippen molar-refractivity contribution in [3.8, 4) is 0 Å². The molecule has 1 heterocycles. The molecule has 3 rings (SSSR count). The normalized spacial score (nSPS) is 22.1. The van der Waals surface area contributed by atoms with Gasteiger partial charge in [0.25, 0.3) is 0 Å². The van der Waals surface area contributed by atoms with Gasteiger partial charge in [-0.3, -0.25) is 0 Å². The van der Waals surface area contributed by atoms with Gasteiger partial charge in [0.1, 0.15) is 0 Å². The van der Waals surface area contributed by atoms with E-state index in [0.29, 0.717) is 5.92 Å². The molecule has 3 heteroatoms. The highest BCUT2D eigenvalue weighted by molar-refractivity contribution is 8.00. The highest BCUT2D eigenvalue weighted by Gasteiger charge is 2.39. The van der Waals surface area contributed by atoms with Crippen LogP contribution < -0.4 is 0 Å². The monoisotopic (exact) mass is 245 g/mol. The third-order valence-corrected chi connectivity index (χ3v) is 5.25. The van der Waals surface area contributed by atoms with E-state index in [1.165, 1.54) is 22.6 Å². The van der Waals surface area contributed by atoms with Gasteiger partial charge < -0.3 is 0 Å². The predicted octanol–water partition coefficient (Wildman–Crippen LogP) is 3.23. The number of aliphatic imine (C=N–C) groups is 1. The van der Waals surface area contributed by atoms with E-state index in [2.05, 4.69) is 29.3 Å². The van der Waals surface area contributed by atoms with Crippen LogP contribution in [-0.2, 0) is 10.3 Å². The van der Waals surface area contributed by atoms with Gasteiger partial charge in [-0.25, -0.2) is 4.79 Å². The average Bonchev–Trinajstić information content (AvgIpc) is 2.21. The summed E-state index contributed by atoms with van der Waals surface area (Å²) >= 11 is 2.00. The highest BCUT2D eigenvalue weighted by atomic mass is 32.2. The van der Waals surface area contributed by atoms with E-state index >= 15 is 0 Å². The minimum atomic E-state index is -0.241. The SMILES string of the molecule is O=C=NC1(c2cccc(C3CSC3)c2)CCC1. The highest BCUT2D eigenvalue weighted by Crippen LogP contribution is 2.45. The van der Waals surface area contributed by atoms with Crippen LogP contribution in [0.4, 0.5) is 0 Å². The van der Waals surface area contributed by atoms with Crippen molar-refractivity contribution in [3.63, 3.8) is 0 Å². The molecule has 1 aromatic rings. The zero-order chi connectivity index (χ0) is 11.7. The van der Waals surface area contributed by atoms with Crippen molar-refractivity contribution in [1.29, 1.82) is 0 Å². The Bertz CT molecular complexity index is 471. The minimum Gasteiger partial charge on any atom is -0.211 e. The Morgan fingerprint density at radius 2 is 2.18 bits per heavy atom. The fourth-order valence-electron chi connectivity index (χ4n) is 2.57. The van der Waals surface area contributed by atoms with Crippen LogP contribution in [0.5, 0.6) is 0 Å². The number of benzene rings is 1. The second-order valence-electron chi connectivity index (χ2n) is 4.95. The molecule has 2 nitrogen and oxygen atoms in total. The molecule has 1 saturated carbocycles. The molecule has 0 aromatic heterocycles. The van der Waals surface area contributed by atoms with Gasteiger partial charge in [-0.05, 0) is 30.4 Å². The zero-order valence-corrected chi connectivity index (χ0v) is 10.5. The van der Waals surface area contributed by atoms with Gasteiger partial charge in [-0.15, -0.1) is 0 Å². The second-order valence-corrected chi connectivity index (χ2v) is 6.02. The van der Waals surface area contributed by atoms with Crippen molar-refractivity contribution in [2.75, 3.05) is 11.5 Å². The molecule has 1 saturated heterocycles. The maximum absolute atomic E-state index is 10.6. The quantitative estimate of drug-likeness (QED) is 0.604. The molecule has 2 aliphatic rings. The summed E-state index contributed by atoms with van der Waals surface area (Å²) in [6.07, 6.45) is 4.90. The molecule has 2 fully saturated rings. The van der Waals surface area contributed by atoms with Crippen LogP contribution in [0.25, 0.3) is 0 Å². The topological polar surface area (TPSA) is 29.4 Å². The smallest absolute Gasteiger partial charge is 0.211 e. The van der Waals surface area contributed by atoms with E-state index in [9.17, 15) is 4.79 Å². The van der Waals surface area contributed by atoms with Gasteiger partial charge in [0.15, 0.2) is 0 Å². The Morgan fingerprint density at radius 3 is 2.71 bits per heavy atom. The van der Waals surface area contributed by atoms with Crippen LogP contribution in [0.15, 0.2) is 29.3 Å². The van der Waals surface area contributed by atoms with Crippen LogP contribution in [0, 0.1) is 0 Å². The summed E-state index contributed by atoms with van der Waals surface area (Å²) in [4.78, 5) is 14.6. The average molecular weight is 245 g/mol. The van der Waals surface area contributed by atoms with E-state index in [4.69, 9.17) is 0 Å². The second kappa shape index (κ2) is 4.32. The molecule has 0 atom stereocenters. The molecule has 17 heavy (non-hydrogen) atoms. The maximum Gasteiger partial charge on any atom is 0.235 e. The van der Waals surface area contributed by atoms with E-state index in [0.717, 1.165) is 19.3 Å². The molecule has 88 valence electrons. The van der Waals surface area contributed by atoms with Crippen molar-refractivity contribution in [3.05, 3.63) is 35.4 Å². The largest absolute Gasteiger partial charge is 0.235 e. The number of carbonyl (C=O) groups excluding carboxylic acids is 1. The molecule has 0 bridgehead atoms. The molecule has 0 amide bonds. The molecule has 0 radical (unpaired) electrons. The van der Waals surface area contributed by atoms with Crippen molar-refractivity contribution in [1.82, 2.24) is 0 Å². The zero-order valence-electron chi connectivity index (χ0n) is 9.69. The van der Waals surface area contributed by atoms with Gasteiger partial charge in [-0.2, -0.15) is 16.8 Å². The maximum atomic E-state index is 10.6. The van der Waals surface area contributed by atoms with Gasteiger partial charge in [0, 0.05) is 17.4 Å². The van der Waals surface area contributed by atoms with E-state index in [1.54, 1.807) is 6.08 Å². The predicted molar refractivity (Wildman–Crippen MR) is 70.2 cm³/mol. The summed E-state index contributed by atoms with van der Waals surface area (Å²) in [5.41, 5.74) is 2.38. The molecule has 1 aliphatic carbocycles. The summed E-state index contributed by atoms with van der Waals surface area (Å²) in [7, 11) is 0. The fourth-order valence-corrected chi connectivity index (χ4v) is 3.43. The number of hydrogen-bond acceptors (Lipinski definition) is 3. The summed E-state index contributed by atoms with van der Waals surface area (Å²) in [6.45, 7) is 0. The first kappa shape index (κ1) is 11.1. The Labute approximate surface area is 106 Å². The lowest BCUT2D eigenvalue weighted by Gasteiger charge is -2.38. The van der Waals surface area contributed by atoms with Crippen molar-refractivity contribution >= 4 is 17.8 Å². The van der Waals surface area contributed by atoms with Crippen LogP contribution in [0.1, 0.15) is 36.3 Å². The first-order chi connectivity index (χ1) is 8.34. The first-order valence-corrected chi connectivity index (χ1v) is 7.27. The third kappa shape index (κ3) is 1.84. The molecule has 1 aliphatic heterocycles. The Hall–Kier alpha value is -1.05. The Balaban J connectivity index is 1.93. The van der Waals surface area contributed by atoms with Crippen molar-refractivity contribution in [2.24, 2.45) is 4.99 Å². The summed E-state index contributed by atoms with van der Waals surface area (Å²) in [6, 6.07) is 8.67. The molecule has 0 spiro atoms. The molecular formula is C14H15NOS. The lowest BCUT2D eigenvalue weighted by Crippen LogP contribution is -2.32. The number of rotatable bonds is 3. The first-order valence-electron chi connectivity index (χ1n) is 6.11. The molecule has 1 aromatic carbocycles. The van der Waals surface area contributed by atoms with Gasteiger partial charge in [-0.1, -0.05) is 24.3 Å². The van der Waals surface area contributed by atoms with Gasteiger partial charge in [0.2, 0.25) is 6.08 Å². The molecule has 0 unspecified atom stereocenters. The lowest BCUT2D eigenvalue weighted by molar-refractivity contribution is 0.255. The molecule has 0 N–H and O–H groups in total. The molecular weight excluding hydrogens is 230 g/mol. The van der Waals surface area contributed by atoms with Crippen LogP contribution in [0.2, 0.25) is 0 Å². The fraction of sp³-hybridized carbons (Fsp3) is 0.500. The number of hydrogen-bond donors (Lipinski definition) is 0. The number of isocyanates is 1. The summed E-state index contributed by atoms with van der Waals surface area (Å²) in [5, 5.41) is 0. The van der Waals surface area contributed by atoms with Gasteiger partial charge in [0.05, 0.1) is 5.54 Å². The van der Waals surface area contributed by atoms with Gasteiger partial charge >= 0.3 is 0 Å². The number of thioether (sulfide) groups is 1. The Kier molecular flexibility index (Phi) is 2.81. The van der Waals surface area contributed by atoms with E-state index in [-0.39, 0.29) is 5.54 Å². The lowest BCUT2D eigenvalue weighted by atomic mass is 9.72. The van der Waals surface area contributed by atoms with E-state index < -0.39 is 0 Å². The summed E-state index contributed by atoms with van der Waals surface area (Å²) < 4.78 is 0. The van der Waals surface area contributed by atoms with Crippen molar-refractivity contribution < 1.29 is 4.79 Å². The number of nitrogens with zero attached hydrogens (tertiary/aromatic N) is 1.